The van der Waals surface area contributed by atoms with Gasteiger partial charge in [0.25, 0.3) is 0 Å². The third-order valence-electron chi connectivity index (χ3n) is 4.72. The number of halogens is 1. The van der Waals surface area contributed by atoms with Gasteiger partial charge < -0.3 is 10.2 Å². The highest BCUT2D eigenvalue weighted by Gasteiger charge is 2.33. The summed E-state index contributed by atoms with van der Waals surface area (Å²) in [5, 5.41) is 20.1. The van der Waals surface area contributed by atoms with Crippen LogP contribution in [0.2, 0.25) is 0 Å². The number of hydrogen-bond donors (Lipinski definition) is 2. The Balaban J connectivity index is 0.000000693. The Morgan fingerprint density at radius 3 is 2.64 bits per heavy atom. The molecule has 3 nitrogen and oxygen atoms in total. The van der Waals surface area contributed by atoms with E-state index in [2.05, 4.69) is 46.1 Å². The quantitative estimate of drug-likeness (QED) is 0.553. The largest absolute Gasteiger partial charge is 0.504 e. The lowest BCUT2D eigenvalue weighted by Gasteiger charge is -2.39. The van der Waals surface area contributed by atoms with E-state index in [0.29, 0.717) is 6.04 Å². The van der Waals surface area contributed by atoms with Gasteiger partial charge in [-0.1, -0.05) is 40.2 Å². The van der Waals surface area contributed by atoms with Gasteiger partial charge in [0.15, 0.2) is 11.5 Å². The van der Waals surface area contributed by atoms with E-state index >= 15 is 0 Å². The van der Waals surface area contributed by atoms with E-state index in [1.807, 2.05) is 11.9 Å². The van der Waals surface area contributed by atoms with Crippen LogP contribution in [0.1, 0.15) is 22.7 Å². The van der Waals surface area contributed by atoms with Crippen molar-refractivity contribution in [3.8, 4) is 22.6 Å². The first kappa shape index (κ1) is 15.4. The molecule has 0 bridgehead atoms. The lowest BCUT2D eigenvalue weighted by atomic mass is 9.77. The number of fused-ring (bicyclic) bond motifs is 2. The second-order valence-corrected chi connectivity index (χ2v) is 5.80. The smallest absolute Gasteiger partial charge is 0.165 e. The van der Waals surface area contributed by atoms with Gasteiger partial charge in [-0.3, -0.25) is 4.90 Å². The number of likely N-dealkylation sites (N-methyl/N-ethyl adjacent to an activating group) is 1. The number of aromatic hydroxyl groups is 2. The van der Waals surface area contributed by atoms with E-state index < -0.39 is 0 Å². The summed E-state index contributed by atoms with van der Waals surface area (Å²) in [7, 11) is 2.16. The second kappa shape index (κ2) is 5.94. The van der Waals surface area contributed by atoms with Crippen molar-refractivity contribution in [2.45, 2.75) is 18.9 Å². The van der Waals surface area contributed by atoms with E-state index in [-0.39, 0.29) is 11.5 Å². The van der Waals surface area contributed by atoms with Crippen molar-refractivity contribution in [2.75, 3.05) is 19.4 Å². The fraction of sp³-hybridized carbons (Fsp3) is 0.333. The van der Waals surface area contributed by atoms with E-state index in [1.165, 1.54) is 11.1 Å². The number of rotatable bonds is 0. The maximum absolute atomic E-state index is 10.3. The molecule has 22 heavy (non-hydrogen) atoms. The van der Waals surface area contributed by atoms with E-state index in [0.717, 1.165) is 36.1 Å². The highest BCUT2D eigenvalue weighted by atomic mass is 79.9. The maximum Gasteiger partial charge on any atom is 0.165 e. The molecule has 0 fully saturated rings. The molecule has 2 aromatic carbocycles. The van der Waals surface area contributed by atoms with Gasteiger partial charge in [0.05, 0.1) is 0 Å². The third kappa shape index (κ3) is 2.22. The minimum Gasteiger partial charge on any atom is -0.504 e. The summed E-state index contributed by atoms with van der Waals surface area (Å²) in [5.41, 5.74) is 5.71. The maximum atomic E-state index is 10.3. The first-order valence-corrected chi connectivity index (χ1v) is 8.99. The van der Waals surface area contributed by atoms with Gasteiger partial charge in [0.1, 0.15) is 0 Å². The van der Waals surface area contributed by atoms with Crippen LogP contribution in [-0.4, -0.2) is 34.5 Å². The van der Waals surface area contributed by atoms with Gasteiger partial charge in [0, 0.05) is 18.2 Å². The number of hydrogen-bond acceptors (Lipinski definition) is 3. The number of phenols is 2. The van der Waals surface area contributed by atoms with Gasteiger partial charge in [0.2, 0.25) is 0 Å². The molecule has 0 radical (unpaired) electrons. The predicted molar refractivity (Wildman–Crippen MR) is 92.8 cm³/mol. The Morgan fingerprint density at radius 2 is 1.86 bits per heavy atom. The van der Waals surface area contributed by atoms with Crippen molar-refractivity contribution < 1.29 is 10.2 Å². The normalized spacial score (nSPS) is 18.8. The molecule has 0 amide bonds. The van der Waals surface area contributed by atoms with Crippen LogP contribution in [0.3, 0.4) is 0 Å². The van der Waals surface area contributed by atoms with Gasteiger partial charge in [-0.25, -0.2) is 0 Å². The molecule has 4 heteroatoms. The number of benzene rings is 2. The fourth-order valence-corrected chi connectivity index (χ4v) is 3.67. The Hall–Kier alpha value is -1.52. The molecule has 1 aliphatic carbocycles. The highest BCUT2D eigenvalue weighted by molar-refractivity contribution is 9.08. The molecule has 0 spiro atoms. The molecular formula is C18H20BrNO2. The molecule has 0 saturated carbocycles. The average molecular weight is 362 g/mol. The summed E-state index contributed by atoms with van der Waals surface area (Å²) < 4.78 is 0. The zero-order valence-corrected chi connectivity index (χ0v) is 14.4. The monoisotopic (exact) mass is 361 g/mol. The number of nitrogens with zero attached hydrogens (tertiary/aromatic N) is 1. The third-order valence-corrected chi connectivity index (χ3v) is 4.72. The first-order valence-electron chi connectivity index (χ1n) is 7.41. The van der Waals surface area contributed by atoms with Crippen molar-refractivity contribution in [1.29, 1.82) is 0 Å². The summed E-state index contributed by atoms with van der Waals surface area (Å²) >= 11 is 2.94. The van der Waals surface area contributed by atoms with Crippen molar-refractivity contribution in [2.24, 2.45) is 0 Å². The zero-order chi connectivity index (χ0) is 15.9. The summed E-state index contributed by atoms with van der Waals surface area (Å²) in [6.07, 6.45) is 1.94. The second-order valence-electron chi connectivity index (χ2n) is 5.80. The summed E-state index contributed by atoms with van der Waals surface area (Å²) in [6.45, 7) is 1.07. The number of alkyl halides is 1. The van der Waals surface area contributed by atoms with E-state index in [1.54, 1.807) is 6.07 Å². The summed E-state index contributed by atoms with van der Waals surface area (Å²) in [5.74, 6) is 1.79. The molecule has 2 aliphatic rings. The van der Waals surface area contributed by atoms with Crippen LogP contribution in [0.4, 0.5) is 0 Å². The lowest BCUT2D eigenvalue weighted by Crippen LogP contribution is -2.35. The van der Waals surface area contributed by atoms with Crippen LogP contribution in [0, 0.1) is 0 Å². The van der Waals surface area contributed by atoms with E-state index in [9.17, 15) is 10.2 Å². The lowest BCUT2D eigenvalue weighted by molar-refractivity contribution is 0.228. The highest BCUT2D eigenvalue weighted by Crippen LogP contribution is 2.49. The van der Waals surface area contributed by atoms with E-state index in [4.69, 9.17) is 0 Å². The molecule has 116 valence electrons. The summed E-state index contributed by atoms with van der Waals surface area (Å²) in [6, 6.07) is 10.2. The van der Waals surface area contributed by atoms with Crippen molar-refractivity contribution in [1.82, 2.24) is 4.90 Å². The Bertz CT molecular complexity index is 714. The van der Waals surface area contributed by atoms with Crippen LogP contribution >= 0.6 is 15.9 Å². The SMILES string of the molecule is CBr.CN1CCc2cccc3c2[C@H]1Cc1ccc(O)c(O)c1-3. The van der Waals surface area contributed by atoms with Gasteiger partial charge in [-0.15, -0.1) is 0 Å². The molecule has 4 rings (SSSR count). The van der Waals surface area contributed by atoms with Crippen LogP contribution in [0.25, 0.3) is 11.1 Å². The molecular weight excluding hydrogens is 342 g/mol. The summed E-state index contributed by atoms with van der Waals surface area (Å²) in [4.78, 5) is 2.39. The molecule has 1 atom stereocenters. The average Bonchev–Trinajstić information content (AvgIpc) is 2.56. The minimum absolute atomic E-state index is 0.0163. The van der Waals surface area contributed by atoms with Crippen LogP contribution in [0.15, 0.2) is 30.3 Å². The van der Waals surface area contributed by atoms with Gasteiger partial charge in [-0.2, -0.15) is 0 Å². The topological polar surface area (TPSA) is 43.7 Å². The Morgan fingerprint density at radius 1 is 1.09 bits per heavy atom. The molecule has 0 unspecified atom stereocenters. The van der Waals surface area contributed by atoms with Crippen molar-refractivity contribution in [3.05, 3.63) is 47.0 Å². The first-order chi connectivity index (χ1) is 10.7. The Kier molecular flexibility index (Phi) is 4.15. The van der Waals surface area contributed by atoms with Gasteiger partial charge in [-0.05, 0) is 54.0 Å². The van der Waals surface area contributed by atoms with Gasteiger partial charge >= 0.3 is 0 Å². The van der Waals surface area contributed by atoms with Crippen LogP contribution in [-0.2, 0) is 12.8 Å². The van der Waals surface area contributed by atoms with Crippen LogP contribution in [0.5, 0.6) is 11.5 Å². The molecule has 2 aromatic rings. The standard InChI is InChI=1S/C17H17NO2.CH3Br/c1-18-8-7-10-3-2-4-12-15(10)13(18)9-11-5-6-14(19)17(20)16(11)12;1-2/h2-6,13,19-20H,7-9H2,1H3;1H3/t13-;/m1./s1. The molecule has 2 N–H and O–H groups in total. The predicted octanol–water partition coefficient (Wildman–Crippen LogP) is 3.86. The molecule has 0 saturated heterocycles. The fourth-order valence-electron chi connectivity index (χ4n) is 3.67. The van der Waals surface area contributed by atoms with Crippen molar-refractivity contribution >= 4 is 15.9 Å². The molecule has 1 aliphatic heterocycles. The van der Waals surface area contributed by atoms with Crippen molar-refractivity contribution in [3.63, 3.8) is 0 Å². The molecule has 0 aromatic heterocycles. The number of phenolic OH excluding ortho intramolecular Hbond substituents is 2. The van der Waals surface area contributed by atoms with Crippen LogP contribution < -0.4 is 0 Å². The zero-order valence-electron chi connectivity index (χ0n) is 12.8. The minimum atomic E-state index is -0.0380. The molecule has 1 heterocycles. The Labute approximate surface area is 139 Å².